The van der Waals surface area contributed by atoms with E-state index < -0.39 is 0 Å². The number of ether oxygens (including phenoxy) is 3. The highest BCUT2D eigenvalue weighted by atomic mass is 16.5. The number of carbonyl (C=O) groups is 1. The fourth-order valence-electron chi connectivity index (χ4n) is 3.51. The van der Waals surface area contributed by atoms with Gasteiger partial charge in [0, 0.05) is 6.42 Å². The predicted octanol–water partition coefficient (Wildman–Crippen LogP) is 4.46. The quantitative estimate of drug-likeness (QED) is 0.571. The normalized spacial score (nSPS) is 15.4. The summed E-state index contributed by atoms with van der Waals surface area (Å²) in [6.45, 7) is -0.107. The summed E-state index contributed by atoms with van der Waals surface area (Å²) in [5.41, 5.74) is 2.87. The van der Waals surface area contributed by atoms with Crippen molar-refractivity contribution in [1.29, 1.82) is 0 Å². The molecule has 0 N–H and O–H groups in total. The van der Waals surface area contributed by atoms with E-state index in [2.05, 4.69) is 5.10 Å². The Kier molecular flexibility index (Phi) is 6.17. The molecule has 0 unspecified atom stereocenters. The first-order valence-corrected chi connectivity index (χ1v) is 10.0. The maximum Gasteiger partial charge on any atom is 0.281 e. The molecule has 6 heteroatoms. The number of carbonyl (C=O) groups excluding carboxylic acids is 1. The largest absolute Gasteiger partial charge is 0.497 e. The van der Waals surface area contributed by atoms with Crippen LogP contribution in [-0.2, 0) is 4.79 Å². The number of amides is 1. The molecule has 0 aromatic heterocycles. The van der Waals surface area contributed by atoms with E-state index in [0.29, 0.717) is 12.2 Å². The number of nitrogens with zero attached hydrogens (tertiary/aromatic N) is 2. The first-order chi connectivity index (χ1) is 15.2. The maximum absolute atomic E-state index is 13.1. The molecular weight excluding hydrogens is 392 g/mol. The molecule has 1 aliphatic heterocycles. The summed E-state index contributed by atoms with van der Waals surface area (Å²) in [6.07, 6.45) is 0.630. The second kappa shape index (κ2) is 9.34. The number of rotatable bonds is 7. The molecule has 3 aromatic rings. The lowest BCUT2D eigenvalue weighted by atomic mass is 9.98. The van der Waals surface area contributed by atoms with Crippen LogP contribution >= 0.6 is 0 Å². The van der Waals surface area contributed by atoms with Crippen LogP contribution in [0.5, 0.6) is 17.2 Å². The Morgan fingerprint density at radius 1 is 0.871 bits per heavy atom. The van der Waals surface area contributed by atoms with Crippen LogP contribution in [0.4, 0.5) is 0 Å². The van der Waals surface area contributed by atoms with E-state index in [1.54, 1.807) is 38.5 Å². The maximum atomic E-state index is 13.1. The van der Waals surface area contributed by atoms with Gasteiger partial charge in [-0.25, -0.2) is 5.01 Å². The van der Waals surface area contributed by atoms with Crippen molar-refractivity contribution in [1.82, 2.24) is 5.01 Å². The van der Waals surface area contributed by atoms with E-state index in [9.17, 15) is 4.79 Å². The van der Waals surface area contributed by atoms with Crippen molar-refractivity contribution in [2.24, 2.45) is 5.10 Å². The minimum Gasteiger partial charge on any atom is -0.497 e. The van der Waals surface area contributed by atoms with Crippen molar-refractivity contribution >= 4 is 11.6 Å². The molecule has 0 bridgehead atoms. The highest BCUT2D eigenvalue weighted by Crippen LogP contribution is 2.33. The molecule has 0 saturated carbocycles. The molecule has 1 amide bonds. The third-order valence-corrected chi connectivity index (χ3v) is 5.20. The van der Waals surface area contributed by atoms with Crippen LogP contribution in [-0.4, -0.2) is 37.5 Å². The second-order valence-electron chi connectivity index (χ2n) is 7.11. The summed E-state index contributed by atoms with van der Waals surface area (Å²) in [6, 6.07) is 24.6. The molecule has 1 heterocycles. The van der Waals surface area contributed by atoms with E-state index in [1.165, 1.54) is 5.01 Å². The summed E-state index contributed by atoms with van der Waals surface area (Å²) < 4.78 is 16.1. The lowest BCUT2D eigenvalue weighted by Gasteiger charge is -2.22. The van der Waals surface area contributed by atoms with E-state index in [0.717, 1.165) is 28.3 Å². The molecule has 0 aliphatic carbocycles. The summed E-state index contributed by atoms with van der Waals surface area (Å²) in [5.74, 6) is 1.89. The molecule has 6 nitrogen and oxygen atoms in total. The van der Waals surface area contributed by atoms with E-state index in [1.807, 2.05) is 54.6 Å². The van der Waals surface area contributed by atoms with Gasteiger partial charge in [0.2, 0.25) is 0 Å². The molecule has 158 valence electrons. The summed E-state index contributed by atoms with van der Waals surface area (Å²) in [7, 11) is 3.24. The highest BCUT2D eigenvalue weighted by molar-refractivity contribution is 6.03. The topological polar surface area (TPSA) is 60.4 Å². The molecule has 0 fully saturated rings. The zero-order valence-corrected chi connectivity index (χ0v) is 17.5. The summed E-state index contributed by atoms with van der Waals surface area (Å²) in [5, 5.41) is 6.20. The van der Waals surface area contributed by atoms with E-state index in [-0.39, 0.29) is 18.6 Å². The van der Waals surface area contributed by atoms with Crippen molar-refractivity contribution in [2.75, 3.05) is 20.8 Å². The van der Waals surface area contributed by atoms with Crippen LogP contribution in [0.25, 0.3) is 0 Å². The molecule has 3 aromatic carbocycles. The van der Waals surface area contributed by atoms with Crippen molar-refractivity contribution in [2.45, 2.75) is 12.5 Å². The van der Waals surface area contributed by atoms with Crippen LogP contribution < -0.4 is 14.2 Å². The fraction of sp³-hybridized carbons (Fsp3) is 0.200. The first kappa shape index (κ1) is 20.5. The van der Waals surface area contributed by atoms with Gasteiger partial charge >= 0.3 is 0 Å². The Labute approximate surface area is 181 Å². The van der Waals surface area contributed by atoms with Gasteiger partial charge in [0.1, 0.15) is 17.2 Å². The molecule has 0 spiro atoms. The van der Waals surface area contributed by atoms with Crippen molar-refractivity contribution in [3.8, 4) is 17.2 Å². The zero-order chi connectivity index (χ0) is 21.6. The second-order valence-corrected chi connectivity index (χ2v) is 7.11. The molecule has 1 atom stereocenters. The molecule has 31 heavy (non-hydrogen) atoms. The third kappa shape index (κ3) is 4.69. The van der Waals surface area contributed by atoms with Gasteiger partial charge in [-0.3, -0.25) is 4.79 Å². The number of hydrogen-bond donors (Lipinski definition) is 0. The van der Waals surface area contributed by atoms with E-state index in [4.69, 9.17) is 14.2 Å². The number of hydrazone groups is 1. The van der Waals surface area contributed by atoms with Crippen LogP contribution in [0.1, 0.15) is 23.6 Å². The number of methoxy groups -OCH3 is 2. The lowest BCUT2D eigenvalue weighted by molar-refractivity contribution is -0.135. The van der Waals surface area contributed by atoms with Crippen LogP contribution in [0.2, 0.25) is 0 Å². The van der Waals surface area contributed by atoms with Gasteiger partial charge in [-0.15, -0.1) is 0 Å². The van der Waals surface area contributed by atoms with Gasteiger partial charge in [0.15, 0.2) is 6.61 Å². The first-order valence-electron chi connectivity index (χ1n) is 10.0. The summed E-state index contributed by atoms with van der Waals surface area (Å²) >= 11 is 0. The molecule has 1 aliphatic rings. The highest BCUT2D eigenvalue weighted by Gasteiger charge is 2.33. The van der Waals surface area contributed by atoms with Crippen molar-refractivity contribution in [3.05, 3.63) is 90.0 Å². The van der Waals surface area contributed by atoms with Gasteiger partial charge in [-0.2, -0.15) is 5.10 Å². The lowest BCUT2D eigenvalue weighted by Crippen LogP contribution is -2.31. The third-order valence-electron chi connectivity index (χ3n) is 5.20. The SMILES string of the molecule is COc1ccc(OCC(=O)N2N=C(c3ccccc3)C[C@H]2c2ccc(OC)cc2)cc1. The van der Waals surface area contributed by atoms with E-state index >= 15 is 0 Å². The average Bonchev–Trinajstić information content (AvgIpc) is 3.29. The van der Waals surface area contributed by atoms with Gasteiger partial charge < -0.3 is 14.2 Å². The minimum absolute atomic E-state index is 0.107. The standard InChI is InChI=1S/C25H24N2O4/c1-29-20-10-8-19(9-11-20)24-16-23(18-6-4-3-5-7-18)26-27(24)25(28)17-31-22-14-12-21(30-2)13-15-22/h3-15,24H,16-17H2,1-2H3/t24-/m0/s1. The van der Waals surface area contributed by atoms with Crippen molar-refractivity contribution in [3.63, 3.8) is 0 Å². The molecular formula is C25H24N2O4. The molecule has 4 rings (SSSR count). The zero-order valence-electron chi connectivity index (χ0n) is 17.5. The Hall–Kier alpha value is -3.80. The van der Waals surface area contributed by atoms with Crippen molar-refractivity contribution < 1.29 is 19.0 Å². The Morgan fingerprint density at radius 2 is 1.45 bits per heavy atom. The number of benzene rings is 3. The Morgan fingerprint density at radius 3 is 2.06 bits per heavy atom. The average molecular weight is 416 g/mol. The van der Waals surface area contributed by atoms with Gasteiger partial charge in [-0.1, -0.05) is 42.5 Å². The smallest absolute Gasteiger partial charge is 0.281 e. The fourth-order valence-corrected chi connectivity index (χ4v) is 3.51. The number of hydrogen-bond acceptors (Lipinski definition) is 5. The van der Waals surface area contributed by atoms with Gasteiger partial charge in [0.25, 0.3) is 5.91 Å². The minimum atomic E-state index is -0.206. The van der Waals surface area contributed by atoms with Crippen LogP contribution in [0.3, 0.4) is 0 Å². The van der Waals surface area contributed by atoms with Gasteiger partial charge in [-0.05, 0) is 47.5 Å². The molecule has 0 radical (unpaired) electrons. The predicted molar refractivity (Wildman–Crippen MR) is 119 cm³/mol. The Bertz CT molecular complexity index is 1050. The monoisotopic (exact) mass is 416 g/mol. The van der Waals surface area contributed by atoms with Gasteiger partial charge in [0.05, 0.1) is 26.0 Å². The van der Waals surface area contributed by atoms with Crippen LogP contribution in [0, 0.1) is 0 Å². The Balaban J connectivity index is 1.54. The summed E-state index contributed by atoms with van der Waals surface area (Å²) in [4.78, 5) is 13.1. The van der Waals surface area contributed by atoms with Crippen LogP contribution in [0.15, 0.2) is 84.0 Å². The molecule has 0 saturated heterocycles.